The minimum Gasteiger partial charge on any atom is -0.396 e. The molecule has 0 aliphatic heterocycles. The third kappa shape index (κ3) is 4.62. The summed E-state index contributed by atoms with van der Waals surface area (Å²) in [5.41, 5.74) is 3.66. The normalized spacial score (nSPS) is 9.74. The van der Waals surface area contributed by atoms with Crippen molar-refractivity contribution in [1.82, 2.24) is 0 Å². The van der Waals surface area contributed by atoms with Crippen molar-refractivity contribution in [3.05, 3.63) is 71.3 Å². The molecule has 2 aromatic carbocycles. The van der Waals surface area contributed by atoms with E-state index in [-0.39, 0.29) is 6.61 Å². The predicted octanol–water partition coefficient (Wildman–Crippen LogP) is 3.40. The Balaban J connectivity index is 1.96. The third-order valence-corrected chi connectivity index (χ3v) is 2.90. The van der Waals surface area contributed by atoms with Gasteiger partial charge in [-0.05, 0) is 36.1 Å². The summed E-state index contributed by atoms with van der Waals surface area (Å²) in [6, 6.07) is 18.8. The molecule has 0 bridgehead atoms. The molecule has 1 nitrogen and oxygen atoms in total. The van der Waals surface area contributed by atoms with Gasteiger partial charge in [0.2, 0.25) is 0 Å². The van der Waals surface area contributed by atoms with Gasteiger partial charge in [0.1, 0.15) is 0 Å². The minimum atomic E-state index is 0.213. The molecule has 0 radical (unpaired) electrons. The molecule has 0 heterocycles. The molecule has 1 heteroatoms. The van der Waals surface area contributed by atoms with E-state index in [0.29, 0.717) is 0 Å². The molecular weight excluding hydrogens is 232 g/mol. The van der Waals surface area contributed by atoms with Gasteiger partial charge in [0, 0.05) is 18.6 Å². The average molecular weight is 250 g/mol. The first-order valence-corrected chi connectivity index (χ1v) is 6.61. The van der Waals surface area contributed by atoms with Gasteiger partial charge in [-0.1, -0.05) is 54.3 Å². The van der Waals surface area contributed by atoms with Crippen LogP contribution in [0.2, 0.25) is 0 Å². The minimum absolute atomic E-state index is 0.213. The van der Waals surface area contributed by atoms with Crippen molar-refractivity contribution in [3.63, 3.8) is 0 Å². The van der Waals surface area contributed by atoms with Crippen LogP contribution < -0.4 is 0 Å². The summed E-state index contributed by atoms with van der Waals surface area (Å²) in [4.78, 5) is 0. The molecule has 0 aliphatic carbocycles. The number of benzene rings is 2. The van der Waals surface area contributed by atoms with E-state index >= 15 is 0 Å². The second-order valence-electron chi connectivity index (χ2n) is 4.49. The Kier molecular flexibility index (Phi) is 5.22. The molecule has 0 aliphatic rings. The Morgan fingerprint density at radius 1 is 0.842 bits per heavy atom. The molecule has 0 atom stereocenters. The third-order valence-electron chi connectivity index (χ3n) is 2.90. The zero-order valence-electron chi connectivity index (χ0n) is 11.0. The first kappa shape index (κ1) is 13.4. The van der Waals surface area contributed by atoms with Crippen LogP contribution in [0.25, 0.3) is 0 Å². The highest BCUT2D eigenvalue weighted by Gasteiger charge is 1.95. The zero-order valence-corrected chi connectivity index (χ0v) is 11.0. The molecule has 0 unspecified atom stereocenters. The first-order valence-electron chi connectivity index (χ1n) is 6.61. The van der Waals surface area contributed by atoms with Gasteiger partial charge in [0.15, 0.2) is 0 Å². The molecule has 0 aromatic heterocycles. The Bertz CT molecular complexity index is 544. The Labute approximate surface area is 114 Å². The molecular formula is C18H18O. The Morgan fingerprint density at radius 2 is 1.53 bits per heavy atom. The van der Waals surface area contributed by atoms with Crippen LogP contribution in [0.3, 0.4) is 0 Å². The van der Waals surface area contributed by atoms with E-state index in [0.717, 1.165) is 24.8 Å². The Hall–Kier alpha value is -2.04. The Morgan fingerprint density at radius 3 is 2.21 bits per heavy atom. The summed E-state index contributed by atoms with van der Waals surface area (Å²) in [6.45, 7) is 0.213. The van der Waals surface area contributed by atoms with Crippen LogP contribution in [0.5, 0.6) is 0 Å². The van der Waals surface area contributed by atoms with Crippen molar-refractivity contribution < 1.29 is 5.11 Å². The number of hydrogen-bond acceptors (Lipinski definition) is 1. The molecule has 2 rings (SSSR count). The largest absolute Gasteiger partial charge is 0.396 e. The zero-order chi connectivity index (χ0) is 13.3. The summed E-state index contributed by atoms with van der Waals surface area (Å²) in [7, 11) is 0. The molecule has 1 N–H and O–H groups in total. The smallest absolute Gasteiger partial charge is 0.0440 e. The second kappa shape index (κ2) is 7.41. The maximum Gasteiger partial charge on any atom is 0.0440 e. The topological polar surface area (TPSA) is 20.2 Å². The SMILES string of the molecule is OCCCC#Cc1ccc(Cc2ccccc2)cc1. The van der Waals surface area contributed by atoms with Crippen LogP contribution in [-0.4, -0.2) is 11.7 Å². The molecule has 0 fully saturated rings. The van der Waals surface area contributed by atoms with Gasteiger partial charge >= 0.3 is 0 Å². The summed E-state index contributed by atoms with van der Waals surface area (Å²) in [5, 5.41) is 8.67. The van der Waals surface area contributed by atoms with Crippen LogP contribution in [0.1, 0.15) is 29.5 Å². The van der Waals surface area contributed by atoms with E-state index in [2.05, 4.69) is 60.4 Å². The van der Waals surface area contributed by atoms with Crippen LogP contribution >= 0.6 is 0 Å². The van der Waals surface area contributed by atoms with Crippen molar-refractivity contribution >= 4 is 0 Å². The molecule has 0 amide bonds. The summed E-state index contributed by atoms with van der Waals surface area (Å²) in [5.74, 6) is 6.17. The van der Waals surface area contributed by atoms with Crippen LogP contribution in [0.4, 0.5) is 0 Å². The van der Waals surface area contributed by atoms with E-state index < -0.39 is 0 Å². The van der Waals surface area contributed by atoms with Crippen molar-refractivity contribution in [2.45, 2.75) is 19.3 Å². The fourth-order valence-electron chi connectivity index (χ4n) is 1.87. The van der Waals surface area contributed by atoms with Crippen LogP contribution in [0, 0.1) is 11.8 Å². The number of rotatable bonds is 4. The van der Waals surface area contributed by atoms with E-state index in [9.17, 15) is 0 Å². The number of aliphatic hydroxyl groups is 1. The molecule has 2 aromatic rings. The average Bonchev–Trinajstić information content (AvgIpc) is 2.46. The second-order valence-corrected chi connectivity index (χ2v) is 4.49. The molecule has 0 saturated heterocycles. The van der Waals surface area contributed by atoms with Crippen molar-refractivity contribution in [1.29, 1.82) is 0 Å². The van der Waals surface area contributed by atoms with E-state index in [1.165, 1.54) is 11.1 Å². The fraction of sp³-hybridized carbons (Fsp3) is 0.222. The van der Waals surface area contributed by atoms with Crippen LogP contribution in [0.15, 0.2) is 54.6 Å². The van der Waals surface area contributed by atoms with E-state index in [1.54, 1.807) is 0 Å². The predicted molar refractivity (Wildman–Crippen MR) is 78.9 cm³/mol. The van der Waals surface area contributed by atoms with Crippen LogP contribution in [-0.2, 0) is 6.42 Å². The lowest BCUT2D eigenvalue weighted by molar-refractivity contribution is 0.290. The molecule has 0 spiro atoms. The van der Waals surface area contributed by atoms with Gasteiger partial charge in [-0.2, -0.15) is 0 Å². The number of aliphatic hydroxyl groups excluding tert-OH is 1. The van der Waals surface area contributed by atoms with Crippen molar-refractivity contribution in [3.8, 4) is 11.8 Å². The fourth-order valence-corrected chi connectivity index (χ4v) is 1.87. The lowest BCUT2D eigenvalue weighted by atomic mass is 10.0. The van der Waals surface area contributed by atoms with Gasteiger partial charge in [-0.15, -0.1) is 0 Å². The molecule has 0 saturated carbocycles. The summed E-state index contributed by atoms with van der Waals surface area (Å²) in [6.07, 6.45) is 2.46. The lowest BCUT2D eigenvalue weighted by Crippen LogP contribution is -1.87. The highest BCUT2D eigenvalue weighted by Crippen LogP contribution is 2.10. The summed E-state index contributed by atoms with van der Waals surface area (Å²) >= 11 is 0. The monoisotopic (exact) mass is 250 g/mol. The van der Waals surface area contributed by atoms with Gasteiger partial charge in [0.25, 0.3) is 0 Å². The summed E-state index contributed by atoms with van der Waals surface area (Å²) < 4.78 is 0. The highest BCUT2D eigenvalue weighted by atomic mass is 16.2. The quantitative estimate of drug-likeness (QED) is 0.651. The van der Waals surface area contributed by atoms with E-state index in [4.69, 9.17) is 5.11 Å². The maximum atomic E-state index is 8.67. The lowest BCUT2D eigenvalue weighted by Gasteiger charge is -2.01. The highest BCUT2D eigenvalue weighted by molar-refractivity contribution is 5.37. The van der Waals surface area contributed by atoms with Gasteiger partial charge in [-0.3, -0.25) is 0 Å². The standard InChI is InChI=1S/C18H18O/c19-14-6-2-5-7-16-10-12-18(13-11-16)15-17-8-3-1-4-9-17/h1,3-4,8-13,19H,2,6,14-15H2. The maximum absolute atomic E-state index is 8.67. The first-order chi connectivity index (χ1) is 9.38. The van der Waals surface area contributed by atoms with Crippen molar-refractivity contribution in [2.24, 2.45) is 0 Å². The number of unbranched alkanes of at least 4 members (excludes halogenated alkanes) is 1. The molecule has 19 heavy (non-hydrogen) atoms. The van der Waals surface area contributed by atoms with Gasteiger partial charge in [-0.25, -0.2) is 0 Å². The number of hydrogen-bond donors (Lipinski definition) is 1. The van der Waals surface area contributed by atoms with Gasteiger partial charge in [0.05, 0.1) is 0 Å². The van der Waals surface area contributed by atoms with E-state index in [1.807, 2.05) is 6.07 Å². The van der Waals surface area contributed by atoms with Crippen molar-refractivity contribution in [2.75, 3.05) is 6.61 Å². The van der Waals surface area contributed by atoms with Gasteiger partial charge < -0.3 is 5.11 Å². The molecule has 96 valence electrons.